The average molecular weight is 387 g/mol. The summed E-state index contributed by atoms with van der Waals surface area (Å²) >= 11 is 1.58. The van der Waals surface area contributed by atoms with Gasteiger partial charge in [0.1, 0.15) is 5.01 Å². The predicted molar refractivity (Wildman–Crippen MR) is 100 cm³/mol. The van der Waals surface area contributed by atoms with Crippen LogP contribution in [-0.4, -0.2) is 57.4 Å². The van der Waals surface area contributed by atoms with Gasteiger partial charge in [-0.1, -0.05) is 23.5 Å². The molecule has 1 aliphatic rings. The highest BCUT2D eigenvalue weighted by Gasteiger charge is 2.27. The number of piperidine rings is 1. The van der Waals surface area contributed by atoms with Crippen LogP contribution in [0, 0.1) is 6.92 Å². The Morgan fingerprint density at radius 1 is 1.22 bits per heavy atom. The van der Waals surface area contributed by atoms with E-state index in [2.05, 4.69) is 15.3 Å². The standard InChI is InChI=1S/C18H21N5O3S/c1-12-19-20-18-23(12)21-17(27-18)13-7-9-22(10-8-13)16(24)11-26-15-6-4-3-5-14(15)25-2/h3-6,13H,7-11H2,1-2H3. The second-order valence-electron chi connectivity index (χ2n) is 6.48. The molecule has 0 unspecified atom stereocenters. The molecule has 3 heterocycles. The maximum atomic E-state index is 12.5. The first kappa shape index (κ1) is 17.7. The summed E-state index contributed by atoms with van der Waals surface area (Å²) in [5, 5.41) is 13.8. The van der Waals surface area contributed by atoms with E-state index in [0.29, 0.717) is 30.5 Å². The number of likely N-dealkylation sites (tertiary alicyclic amines) is 1. The average Bonchev–Trinajstić information content (AvgIpc) is 3.28. The van der Waals surface area contributed by atoms with Crippen LogP contribution in [0.1, 0.15) is 29.6 Å². The Hall–Kier alpha value is -2.68. The summed E-state index contributed by atoms with van der Waals surface area (Å²) in [5.41, 5.74) is 0. The van der Waals surface area contributed by atoms with E-state index in [-0.39, 0.29) is 12.5 Å². The van der Waals surface area contributed by atoms with E-state index < -0.39 is 0 Å². The Bertz CT molecular complexity index is 946. The molecule has 27 heavy (non-hydrogen) atoms. The van der Waals surface area contributed by atoms with Gasteiger partial charge in [0.2, 0.25) is 4.96 Å². The van der Waals surface area contributed by atoms with E-state index in [9.17, 15) is 4.79 Å². The summed E-state index contributed by atoms with van der Waals surface area (Å²) in [4.78, 5) is 15.2. The van der Waals surface area contributed by atoms with E-state index in [1.165, 1.54) is 0 Å². The smallest absolute Gasteiger partial charge is 0.260 e. The molecule has 0 spiro atoms. The van der Waals surface area contributed by atoms with Crippen molar-refractivity contribution in [3.05, 3.63) is 35.1 Å². The van der Waals surface area contributed by atoms with Crippen molar-refractivity contribution >= 4 is 22.2 Å². The lowest BCUT2D eigenvalue weighted by molar-refractivity contribution is -0.134. The fraction of sp³-hybridized carbons (Fsp3) is 0.444. The van der Waals surface area contributed by atoms with Gasteiger partial charge in [-0.3, -0.25) is 4.79 Å². The van der Waals surface area contributed by atoms with Crippen LogP contribution in [0.4, 0.5) is 0 Å². The zero-order valence-electron chi connectivity index (χ0n) is 15.3. The van der Waals surface area contributed by atoms with Crippen molar-refractivity contribution in [1.82, 2.24) is 24.7 Å². The van der Waals surface area contributed by atoms with E-state index >= 15 is 0 Å². The fourth-order valence-electron chi connectivity index (χ4n) is 3.24. The molecule has 1 saturated heterocycles. The first-order valence-electron chi connectivity index (χ1n) is 8.88. The van der Waals surface area contributed by atoms with Crippen LogP contribution in [0.5, 0.6) is 11.5 Å². The summed E-state index contributed by atoms with van der Waals surface area (Å²) < 4.78 is 12.7. The van der Waals surface area contributed by atoms with Gasteiger partial charge in [-0.25, -0.2) is 0 Å². The monoisotopic (exact) mass is 387 g/mol. The molecule has 4 rings (SSSR count). The van der Waals surface area contributed by atoms with Crippen LogP contribution in [0.25, 0.3) is 4.96 Å². The number of hydrogen-bond donors (Lipinski definition) is 0. The fourth-order valence-corrected chi connectivity index (χ4v) is 4.29. The Morgan fingerprint density at radius 2 is 1.96 bits per heavy atom. The second kappa shape index (κ2) is 7.51. The van der Waals surface area contributed by atoms with Crippen molar-refractivity contribution in [2.24, 2.45) is 0 Å². The van der Waals surface area contributed by atoms with Crippen molar-refractivity contribution in [3.8, 4) is 11.5 Å². The normalized spacial score (nSPS) is 15.3. The lowest BCUT2D eigenvalue weighted by Crippen LogP contribution is -2.40. The molecular formula is C18H21N5O3S. The molecule has 0 aliphatic carbocycles. The lowest BCUT2D eigenvalue weighted by Gasteiger charge is -2.30. The van der Waals surface area contributed by atoms with Gasteiger partial charge in [0.05, 0.1) is 7.11 Å². The van der Waals surface area contributed by atoms with Gasteiger partial charge in [0, 0.05) is 19.0 Å². The van der Waals surface area contributed by atoms with Gasteiger partial charge in [-0.05, 0) is 31.9 Å². The Morgan fingerprint density at radius 3 is 2.67 bits per heavy atom. The minimum atomic E-state index is -0.00616. The van der Waals surface area contributed by atoms with Crippen molar-refractivity contribution in [2.75, 3.05) is 26.8 Å². The van der Waals surface area contributed by atoms with Crippen LogP contribution < -0.4 is 9.47 Å². The minimum Gasteiger partial charge on any atom is -0.493 e. The molecule has 0 bridgehead atoms. The zero-order valence-corrected chi connectivity index (χ0v) is 16.1. The van der Waals surface area contributed by atoms with Crippen molar-refractivity contribution in [3.63, 3.8) is 0 Å². The molecule has 0 saturated carbocycles. The number of para-hydroxylation sites is 2. The third kappa shape index (κ3) is 3.59. The number of benzene rings is 1. The van der Waals surface area contributed by atoms with Crippen LogP contribution >= 0.6 is 11.3 Å². The first-order chi connectivity index (χ1) is 13.2. The topological polar surface area (TPSA) is 81.9 Å². The van der Waals surface area contributed by atoms with E-state index in [4.69, 9.17) is 9.47 Å². The molecule has 1 amide bonds. The quantitative estimate of drug-likeness (QED) is 0.668. The van der Waals surface area contributed by atoms with Crippen LogP contribution in [0.3, 0.4) is 0 Å². The van der Waals surface area contributed by atoms with Crippen molar-refractivity contribution in [2.45, 2.75) is 25.7 Å². The molecule has 142 valence electrons. The maximum absolute atomic E-state index is 12.5. The Balaban J connectivity index is 1.32. The second-order valence-corrected chi connectivity index (χ2v) is 7.46. The number of methoxy groups -OCH3 is 1. The van der Waals surface area contributed by atoms with Gasteiger partial charge >= 0.3 is 0 Å². The molecule has 1 aromatic carbocycles. The van der Waals surface area contributed by atoms with Gasteiger partial charge in [-0.15, -0.1) is 10.2 Å². The number of aryl methyl sites for hydroxylation is 1. The molecule has 0 radical (unpaired) electrons. The molecule has 2 aromatic heterocycles. The van der Waals surface area contributed by atoms with E-state index in [0.717, 1.165) is 28.6 Å². The molecule has 0 N–H and O–H groups in total. The summed E-state index contributed by atoms with van der Waals surface area (Å²) in [6, 6.07) is 7.34. The predicted octanol–water partition coefficient (Wildman–Crippen LogP) is 2.29. The number of amides is 1. The molecule has 8 nitrogen and oxygen atoms in total. The largest absolute Gasteiger partial charge is 0.493 e. The van der Waals surface area contributed by atoms with Gasteiger partial charge in [0.15, 0.2) is 23.9 Å². The van der Waals surface area contributed by atoms with Crippen LogP contribution in [0.2, 0.25) is 0 Å². The highest BCUT2D eigenvalue weighted by Crippen LogP contribution is 2.31. The van der Waals surface area contributed by atoms with Crippen LogP contribution in [-0.2, 0) is 4.79 Å². The van der Waals surface area contributed by atoms with Crippen molar-refractivity contribution < 1.29 is 14.3 Å². The first-order valence-corrected chi connectivity index (χ1v) is 9.69. The van der Waals surface area contributed by atoms with Crippen molar-refractivity contribution in [1.29, 1.82) is 0 Å². The number of fused-ring (bicyclic) bond motifs is 1. The summed E-state index contributed by atoms with van der Waals surface area (Å²) in [6.07, 6.45) is 1.78. The minimum absolute atomic E-state index is 0.00616. The molecule has 1 fully saturated rings. The lowest BCUT2D eigenvalue weighted by atomic mass is 9.97. The molecule has 9 heteroatoms. The molecular weight excluding hydrogens is 366 g/mol. The van der Waals surface area contributed by atoms with E-state index in [1.807, 2.05) is 30.0 Å². The van der Waals surface area contributed by atoms with E-state index in [1.54, 1.807) is 29.0 Å². The van der Waals surface area contributed by atoms with Gasteiger partial charge in [0.25, 0.3) is 5.91 Å². The third-order valence-electron chi connectivity index (χ3n) is 4.78. The van der Waals surface area contributed by atoms with Gasteiger partial charge < -0.3 is 14.4 Å². The summed E-state index contributed by atoms with van der Waals surface area (Å²) in [6.45, 7) is 3.32. The number of carbonyl (C=O) groups is 1. The summed E-state index contributed by atoms with van der Waals surface area (Å²) in [5.74, 6) is 2.36. The summed E-state index contributed by atoms with van der Waals surface area (Å²) in [7, 11) is 1.59. The number of aromatic nitrogens is 4. The highest BCUT2D eigenvalue weighted by atomic mass is 32.1. The molecule has 1 aliphatic heterocycles. The van der Waals surface area contributed by atoms with Gasteiger partial charge in [-0.2, -0.15) is 9.61 Å². The Kier molecular flexibility index (Phi) is 4.93. The SMILES string of the molecule is COc1ccccc1OCC(=O)N1CCC(c2nn3c(C)nnc3s2)CC1. The molecule has 3 aromatic rings. The number of carbonyl (C=O) groups excluding carboxylic acids is 1. The van der Waals surface area contributed by atoms with Crippen LogP contribution in [0.15, 0.2) is 24.3 Å². The maximum Gasteiger partial charge on any atom is 0.260 e. The zero-order chi connectivity index (χ0) is 18.8. The molecule has 0 atom stereocenters. The third-order valence-corrected chi connectivity index (χ3v) is 5.84. The Labute approximate surface area is 160 Å². The number of ether oxygens (including phenoxy) is 2. The number of hydrogen-bond acceptors (Lipinski definition) is 7. The number of rotatable bonds is 5. The number of nitrogens with zero attached hydrogens (tertiary/aromatic N) is 5. The highest BCUT2D eigenvalue weighted by molar-refractivity contribution is 7.16.